The largest absolute Gasteiger partial charge is 0.389 e. The minimum atomic E-state index is -0.495. The predicted molar refractivity (Wildman–Crippen MR) is 84.0 cm³/mol. The molecule has 2 rings (SSSR count). The molecule has 1 aromatic carbocycles. The van der Waals surface area contributed by atoms with Crippen LogP contribution in [0, 0.1) is 0 Å². The maximum Gasteiger partial charge on any atom is 0.0781 e. The number of para-hydroxylation sites is 1. The number of anilines is 1. The highest BCUT2D eigenvalue weighted by atomic mass is 79.9. The van der Waals surface area contributed by atoms with Crippen LogP contribution in [0.2, 0.25) is 0 Å². The maximum atomic E-state index is 9.72. The first-order valence-corrected chi connectivity index (χ1v) is 7.47. The topological polar surface area (TPSA) is 45.1 Å². The van der Waals surface area contributed by atoms with E-state index in [-0.39, 0.29) is 0 Å². The van der Waals surface area contributed by atoms with E-state index in [2.05, 4.69) is 42.2 Å². The number of benzene rings is 1. The van der Waals surface area contributed by atoms with E-state index in [1.165, 1.54) is 0 Å². The summed E-state index contributed by atoms with van der Waals surface area (Å²) in [6.07, 6.45) is 1.27. The first kappa shape index (κ1) is 14.5. The second-order valence-electron chi connectivity index (χ2n) is 4.20. The highest BCUT2D eigenvalue weighted by Gasteiger charge is 2.08. The predicted octanol–water partition coefficient (Wildman–Crippen LogP) is 4.27. The number of pyridine rings is 1. The second kappa shape index (κ2) is 6.50. The molecule has 3 nitrogen and oxygen atoms in total. The van der Waals surface area contributed by atoms with Gasteiger partial charge >= 0.3 is 0 Å². The first-order valence-electron chi connectivity index (χ1n) is 5.88. The number of nitrogens with zero attached hydrogens (tertiary/aromatic N) is 1. The van der Waals surface area contributed by atoms with Gasteiger partial charge in [0.25, 0.3) is 0 Å². The van der Waals surface area contributed by atoms with Crippen LogP contribution in [0.3, 0.4) is 0 Å². The van der Waals surface area contributed by atoms with Crippen LogP contribution < -0.4 is 5.32 Å². The average Bonchev–Trinajstić information content (AvgIpc) is 2.38. The Balaban J connectivity index is 2.14. The van der Waals surface area contributed by atoms with Gasteiger partial charge in [-0.3, -0.25) is 4.98 Å². The standard InChI is InChI=1S/C14H14Br2N2O/c1-9(19)11-4-2-3-5-13(11)18-8-14-12(16)6-10(15)7-17-14/h2-7,9,18-19H,8H2,1H3. The molecule has 5 heteroatoms. The molecule has 1 heterocycles. The Bertz CT molecular complexity index is 573. The molecule has 0 saturated heterocycles. The smallest absolute Gasteiger partial charge is 0.0781 e. The van der Waals surface area contributed by atoms with Crippen molar-refractivity contribution in [1.82, 2.24) is 4.98 Å². The Morgan fingerprint density at radius 2 is 2.05 bits per heavy atom. The van der Waals surface area contributed by atoms with E-state index in [1.807, 2.05) is 30.3 Å². The van der Waals surface area contributed by atoms with Gasteiger partial charge < -0.3 is 10.4 Å². The summed E-state index contributed by atoms with van der Waals surface area (Å²) in [5, 5.41) is 13.0. The fraction of sp³-hybridized carbons (Fsp3) is 0.214. The van der Waals surface area contributed by atoms with Crippen molar-refractivity contribution in [2.45, 2.75) is 19.6 Å². The molecule has 0 spiro atoms. The van der Waals surface area contributed by atoms with E-state index in [4.69, 9.17) is 0 Å². The van der Waals surface area contributed by atoms with Crippen molar-refractivity contribution in [3.8, 4) is 0 Å². The number of rotatable bonds is 4. The molecule has 1 atom stereocenters. The summed E-state index contributed by atoms with van der Waals surface area (Å²) in [5.41, 5.74) is 2.73. The zero-order chi connectivity index (χ0) is 13.8. The van der Waals surface area contributed by atoms with Crippen molar-refractivity contribution in [3.05, 3.63) is 56.7 Å². The Labute approximate surface area is 129 Å². The average molecular weight is 386 g/mol. The van der Waals surface area contributed by atoms with Gasteiger partial charge in [-0.1, -0.05) is 18.2 Å². The summed E-state index contributed by atoms with van der Waals surface area (Å²) in [5.74, 6) is 0. The number of hydrogen-bond acceptors (Lipinski definition) is 3. The van der Waals surface area contributed by atoms with Crippen molar-refractivity contribution in [2.24, 2.45) is 0 Å². The number of nitrogens with one attached hydrogen (secondary N) is 1. The van der Waals surface area contributed by atoms with Crippen LogP contribution >= 0.6 is 31.9 Å². The van der Waals surface area contributed by atoms with E-state index in [0.717, 1.165) is 25.9 Å². The molecule has 0 aliphatic carbocycles. The van der Waals surface area contributed by atoms with E-state index in [9.17, 15) is 5.11 Å². The lowest BCUT2D eigenvalue weighted by Gasteiger charge is -2.14. The molecule has 19 heavy (non-hydrogen) atoms. The van der Waals surface area contributed by atoms with Crippen LogP contribution in [0.1, 0.15) is 24.3 Å². The van der Waals surface area contributed by atoms with Crippen molar-refractivity contribution in [3.63, 3.8) is 0 Å². The molecule has 0 bridgehead atoms. The van der Waals surface area contributed by atoms with Gasteiger partial charge in [-0.15, -0.1) is 0 Å². The monoisotopic (exact) mass is 384 g/mol. The highest BCUT2D eigenvalue weighted by molar-refractivity contribution is 9.11. The van der Waals surface area contributed by atoms with Gasteiger partial charge in [-0.2, -0.15) is 0 Å². The number of aliphatic hydroxyl groups is 1. The summed E-state index contributed by atoms with van der Waals surface area (Å²) >= 11 is 6.86. The Morgan fingerprint density at radius 3 is 2.74 bits per heavy atom. The molecule has 100 valence electrons. The molecule has 0 saturated carbocycles. The summed E-state index contributed by atoms with van der Waals surface area (Å²) < 4.78 is 1.89. The second-order valence-corrected chi connectivity index (χ2v) is 5.97. The summed E-state index contributed by atoms with van der Waals surface area (Å²) in [6, 6.07) is 9.69. The minimum absolute atomic E-state index is 0.495. The number of aromatic nitrogens is 1. The fourth-order valence-corrected chi connectivity index (χ4v) is 2.90. The van der Waals surface area contributed by atoms with E-state index in [1.54, 1.807) is 13.1 Å². The zero-order valence-electron chi connectivity index (χ0n) is 10.4. The lowest BCUT2D eigenvalue weighted by Crippen LogP contribution is -2.06. The first-order chi connectivity index (χ1) is 9.08. The molecule has 0 radical (unpaired) electrons. The Morgan fingerprint density at radius 1 is 1.32 bits per heavy atom. The molecule has 0 aliphatic rings. The fourth-order valence-electron chi connectivity index (χ4n) is 1.77. The van der Waals surface area contributed by atoms with Gasteiger partial charge in [0, 0.05) is 26.4 Å². The molecular weight excluding hydrogens is 372 g/mol. The lowest BCUT2D eigenvalue weighted by atomic mass is 10.1. The molecule has 1 aromatic heterocycles. The third-order valence-electron chi connectivity index (χ3n) is 2.74. The van der Waals surface area contributed by atoms with Gasteiger partial charge in [0.05, 0.1) is 18.3 Å². The molecule has 0 fully saturated rings. The molecular formula is C14H14Br2N2O. The number of hydrogen-bond donors (Lipinski definition) is 2. The number of aliphatic hydroxyl groups excluding tert-OH is 1. The molecule has 0 amide bonds. The summed E-state index contributed by atoms with van der Waals surface area (Å²) in [6.45, 7) is 2.35. The highest BCUT2D eigenvalue weighted by Crippen LogP contribution is 2.24. The van der Waals surface area contributed by atoms with E-state index >= 15 is 0 Å². The van der Waals surface area contributed by atoms with Crippen LogP contribution in [0.25, 0.3) is 0 Å². The third-order valence-corrected chi connectivity index (χ3v) is 3.86. The summed E-state index contributed by atoms with van der Waals surface area (Å²) in [7, 11) is 0. The van der Waals surface area contributed by atoms with Gasteiger partial charge in [0.1, 0.15) is 0 Å². The van der Waals surface area contributed by atoms with Crippen LogP contribution in [-0.2, 0) is 6.54 Å². The van der Waals surface area contributed by atoms with Crippen LogP contribution in [0.15, 0.2) is 45.5 Å². The molecule has 0 aliphatic heterocycles. The van der Waals surface area contributed by atoms with Gasteiger partial charge in [-0.05, 0) is 50.9 Å². The van der Waals surface area contributed by atoms with Crippen LogP contribution in [0.5, 0.6) is 0 Å². The van der Waals surface area contributed by atoms with E-state index in [0.29, 0.717) is 6.54 Å². The zero-order valence-corrected chi connectivity index (χ0v) is 13.6. The quantitative estimate of drug-likeness (QED) is 0.825. The third kappa shape index (κ3) is 3.78. The van der Waals surface area contributed by atoms with Gasteiger partial charge in [-0.25, -0.2) is 0 Å². The molecule has 2 N–H and O–H groups in total. The minimum Gasteiger partial charge on any atom is -0.389 e. The molecule has 2 aromatic rings. The van der Waals surface area contributed by atoms with Crippen molar-refractivity contribution in [2.75, 3.05) is 5.32 Å². The van der Waals surface area contributed by atoms with Gasteiger partial charge in [0.2, 0.25) is 0 Å². The van der Waals surface area contributed by atoms with Crippen molar-refractivity contribution in [1.29, 1.82) is 0 Å². The number of halogens is 2. The van der Waals surface area contributed by atoms with E-state index < -0.39 is 6.10 Å². The summed E-state index contributed by atoms with van der Waals surface area (Å²) in [4.78, 5) is 4.35. The van der Waals surface area contributed by atoms with Gasteiger partial charge in [0.15, 0.2) is 0 Å². The Kier molecular flexibility index (Phi) is 4.96. The lowest BCUT2D eigenvalue weighted by molar-refractivity contribution is 0.200. The van der Waals surface area contributed by atoms with Crippen molar-refractivity contribution < 1.29 is 5.11 Å². The SMILES string of the molecule is CC(O)c1ccccc1NCc1ncc(Br)cc1Br. The molecule has 1 unspecified atom stereocenters. The normalized spacial score (nSPS) is 12.2. The maximum absolute atomic E-state index is 9.72. The van der Waals surface area contributed by atoms with Crippen LogP contribution in [-0.4, -0.2) is 10.1 Å². The van der Waals surface area contributed by atoms with Crippen LogP contribution in [0.4, 0.5) is 5.69 Å². The van der Waals surface area contributed by atoms with Crippen molar-refractivity contribution >= 4 is 37.5 Å². The Hall–Kier alpha value is -0.910.